The van der Waals surface area contributed by atoms with E-state index in [0.717, 1.165) is 35.0 Å². The number of halogens is 1. The van der Waals surface area contributed by atoms with Gasteiger partial charge in [0, 0.05) is 28.8 Å². The second-order valence-electron chi connectivity index (χ2n) is 10.6. The van der Waals surface area contributed by atoms with E-state index in [0.29, 0.717) is 40.1 Å². The zero-order chi connectivity index (χ0) is 26.4. The van der Waals surface area contributed by atoms with Crippen molar-refractivity contribution < 1.29 is 1.37 Å². The summed E-state index contributed by atoms with van der Waals surface area (Å²) in [6.45, 7) is 9.08. The number of anilines is 2. The number of nitrogens with zero attached hydrogens (tertiary/aromatic N) is 5. The molecule has 0 spiro atoms. The monoisotopic (exact) mass is 500 g/mol. The molecule has 2 aromatic carbocycles. The smallest absolute Gasteiger partial charge is 0.110 e. The molecule has 5 rings (SSSR count). The molecule has 1 aliphatic carbocycles. The predicted molar refractivity (Wildman–Crippen MR) is 144 cm³/mol. The second-order valence-corrected chi connectivity index (χ2v) is 11.0. The van der Waals surface area contributed by atoms with Gasteiger partial charge in [-0.3, -0.25) is 4.98 Å². The van der Waals surface area contributed by atoms with Crippen molar-refractivity contribution in [1.82, 2.24) is 20.0 Å². The first-order valence-electron chi connectivity index (χ1n) is 12.6. The minimum absolute atomic E-state index is 0.0149. The van der Waals surface area contributed by atoms with E-state index in [4.69, 9.17) is 11.6 Å². The van der Waals surface area contributed by atoms with Crippen molar-refractivity contribution in [3.05, 3.63) is 76.2 Å². The molecule has 2 heterocycles. The summed E-state index contributed by atoms with van der Waals surface area (Å²) in [5, 5.41) is 26.6. The summed E-state index contributed by atoms with van der Waals surface area (Å²) in [4.78, 5) is 4.57. The molecule has 1 unspecified atom stereocenters. The topological polar surface area (TPSA) is 91.5 Å². The fourth-order valence-corrected chi connectivity index (χ4v) is 4.40. The summed E-state index contributed by atoms with van der Waals surface area (Å²) in [7, 11) is 0. The number of hydrogen-bond acceptors (Lipinski definition) is 6. The molecule has 1 atom stereocenters. The van der Waals surface area contributed by atoms with Crippen LogP contribution >= 0.6 is 11.6 Å². The standard InChI is InChI=1S/C28H30ClN7/c1-17-11-19(12-22-25(17)31-14-18(13-30)26(22)32-16-28(2,3)4)33-27(21-7-5-6-8-23(21)29)24-15-36(35-34-24)20-9-10-20/h5-8,11-12,14-15,20,27,33H,9-10,16H2,1-4H3,(H,31,32)/i27D. The molecule has 1 fully saturated rings. The highest BCUT2D eigenvalue weighted by Crippen LogP contribution is 2.37. The third-order valence-corrected chi connectivity index (χ3v) is 6.51. The molecule has 0 aliphatic heterocycles. The van der Waals surface area contributed by atoms with Gasteiger partial charge in [-0.2, -0.15) is 5.26 Å². The fraction of sp³-hybridized carbons (Fsp3) is 0.357. The maximum atomic E-state index is 9.80. The molecule has 0 radical (unpaired) electrons. The Labute approximate surface area is 217 Å². The van der Waals surface area contributed by atoms with Crippen molar-refractivity contribution in [3.8, 4) is 6.07 Å². The molecule has 7 nitrogen and oxygen atoms in total. The first kappa shape index (κ1) is 22.8. The van der Waals surface area contributed by atoms with Crippen LogP contribution in [0.4, 0.5) is 11.4 Å². The lowest BCUT2D eigenvalue weighted by Gasteiger charge is -2.23. The van der Waals surface area contributed by atoms with Gasteiger partial charge in [-0.1, -0.05) is 55.8 Å². The van der Waals surface area contributed by atoms with E-state index in [1.807, 2.05) is 48.1 Å². The van der Waals surface area contributed by atoms with Crippen LogP contribution in [0.5, 0.6) is 0 Å². The van der Waals surface area contributed by atoms with Crippen LogP contribution in [0.3, 0.4) is 0 Å². The fourth-order valence-electron chi connectivity index (χ4n) is 4.17. The van der Waals surface area contributed by atoms with Gasteiger partial charge in [-0.15, -0.1) is 5.10 Å². The average molecular weight is 501 g/mol. The Hall–Kier alpha value is -3.63. The molecule has 0 bridgehead atoms. The largest absolute Gasteiger partial charge is 0.383 e. The number of pyridine rings is 1. The number of nitrogens with one attached hydrogen (secondary N) is 2. The van der Waals surface area contributed by atoms with E-state index in [9.17, 15) is 6.63 Å². The molecule has 36 heavy (non-hydrogen) atoms. The van der Waals surface area contributed by atoms with Crippen LogP contribution in [0.1, 0.15) is 69.4 Å². The summed E-state index contributed by atoms with van der Waals surface area (Å²) in [6, 6.07) is 12.3. The zero-order valence-corrected chi connectivity index (χ0v) is 21.7. The Balaban J connectivity index is 1.64. The van der Waals surface area contributed by atoms with Crippen LogP contribution in [0, 0.1) is 23.7 Å². The molecule has 1 saturated carbocycles. The number of rotatable bonds is 7. The van der Waals surface area contributed by atoms with Crippen LogP contribution in [-0.4, -0.2) is 26.5 Å². The highest BCUT2D eigenvalue weighted by Gasteiger charge is 2.27. The van der Waals surface area contributed by atoms with Crippen LogP contribution in [-0.2, 0) is 0 Å². The van der Waals surface area contributed by atoms with E-state index < -0.39 is 6.02 Å². The van der Waals surface area contributed by atoms with Gasteiger partial charge >= 0.3 is 0 Å². The van der Waals surface area contributed by atoms with Gasteiger partial charge in [0.05, 0.1) is 36.4 Å². The highest BCUT2D eigenvalue weighted by molar-refractivity contribution is 6.31. The molecule has 4 aromatic rings. The molecule has 1 aliphatic rings. The van der Waals surface area contributed by atoms with Crippen molar-refractivity contribution >= 4 is 33.9 Å². The summed E-state index contributed by atoms with van der Waals surface area (Å²) in [6.07, 6.45) is 5.58. The molecule has 0 amide bonds. The van der Waals surface area contributed by atoms with Crippen LogP contribution in [0.15, 0.2) is 48.8 Å². The number of nitriles is 1. The molecule has 184 valence electrons. The van der Waals surface area contributed by atoms with Gasteiger partial charge < -0.3 is 10.6 Å². The van der Waals surface area contributed by atoms with Gasteiger partial charge in [-0.05, 0) is 54.5 Å². The second kappa shape index (κ2) is 9.44. The van der Waals surface area contributed by atoms with Crippen molar-refractivity contribution in [2.75, 3.05) is 17.2 Å². The maximum absolute atomic E-state index is 9.80. The summed E-state index contributed by atoms with van der Waals surface area (Å²) in [5.74, 6) is 0. The van der Waals surface area contributed by atoms with Crippen LogP contribution < -0.4 is 10.6 Å². The van der Waals surface area contributed by atoms with Crippen LogP contribution in [0.25, 0.3) is 10.9 Å². The van der Waals surface area contributed by atoms with Gasteiger partial charge in [0.15, 0.2) is 0 Å². The Bertz CT molecular complexity index is 1510. The zero-order valence-electron chi connectivity index (χ0n) is 21.9. The minimum atomic E-state index is -1.50. The molecular weight excluding hydrogens is 470 g/mol. The van der Waals surface area contributed by atoms with E-state index in [1.165, 1.54) is 0 Å². The highest BCUT2D eigenvalue weighted by atomic mass is 35.5. The van der Waals surface area contributed by atoms with E-state index in [-0.39, 0.29) is 5.41 Å². The van der Waals surface area contributed by atoms with Crippen molar-refractivity contribution in [3.63, 3.8) is 0 Å². The normalized spacial score (nSPS) is 15.7. The molecule has 2 N–H and O–H groups in total. The average Bonchev–Trinajstić information content (AvgIpc) is 3.57. The lowest BCUT2D eigenvalue weighted by Crippen LogP contribution is -2.20. The SMILES string of the molecule is [2H]C(Nc1cc(C)c2ncc(C#N)c(NCC(C)(C)C)c2c1)(c1cn(C2CC2)nn1)c1ccccc1Cl. The Kier molecular flexibility index (Phi) is 5.98. The van der Waals surface area contributed by atoms with Crippen molar-refractivity contribution in [2.24, 2.45) is 5.41 Å². The summed E-state index contributed by atoms with van der Waals surface area (Å²) < 4.78 is 11.5. The van der Waals surface area contributed by atoms with Gasteiger partial charge in [0.1, 0.15) is 11.8 Å². The molecular formula is C28H30ClN7. The quantitative estimate of drug-likeness (QED) is 0.295. The third kappa shape index (κ3) is 5.00. The summed E-state index contributed by atoms with van der Waals surface area (Å²) >= 11 is 6.61. The van der Waals surface area contributed by atoms with Crippen molar-refractivity contribution in [1.29, 1.82) is 5.26 Å². The molecule has 0 saturated heterocycles. The van der Waals surface area contributed by atoms with E-state index in [2.05, 4.69) is 52.8 Å². The van der Waals surface area contributed by atoms with Gasteiger partial charge in [-0.25, -0.2) is 4.68 Å². The molecule has 8 heteroatoms. The number of benzene rings is 2. The number of fused-ring (bicyclic) bond motifs is 1. The lowest BCUT2D eigenvalue weighted by molar-refractivity contribution is 0.443. The number of hydrogen-bond donors (Lipinski definition) is 2. The van der Waals surface area contributed by atoms with E-state index in [1.54, 1.807) is 12.3 Å². The lowest BCUT2D eigenvalue weighted by atomic mass is 9.96. The Morgan fingerprint density at radius 2 is 2.06 bits per heavy atom. The number of aromatic nitrogens is 4. The Morgan fingerprint density at radius 1 is 1.28 bits per heavy atom. The van der Waals surface area contributed by atoms with E-state index >= 15 is 0 Å². The maximum Gasteiger partial charge on any atom is 0.110 e. The van der Waals surface area contributed by atoms with Gasteiger partial charge in [0.25, 0.3) is 0 Å². The number of aryl methyl sites for hydroxylation is 1. The first-order chi connectivity index (χ1) is 17.6. The third-order valence-electron chi connectivity index (χ3n) is 6.18. The Morgan fingerprint density at radius 3 is 2.75 bits per heavy atom. The first-order valence-corrected chi connectivity index (χ1v) is 12.5. The summed E-state index contributed by atoms with van der Waals surface area (Å²) in [5.41, 5.74) is 4.68. The van der Waals surface area contributed by atoms with Crippen molar-refractivity contribution in [2.45, 2.75) is 52.6 Å². The predicted octanol–water partition coefficient (Wildman–Crippen LogP) is 6.65. The minimum Gasteiger partial charge on any atom is -0.383 e. The molecule has 2 aromatic heterocycles. The van der Waals surface area contributed by atoms with Gasteiger partial charge in [0.2, 0.25) is 0 Å². The van der Waals surface area contributed by atoms with Crippen LogP contribution in [0.2, 0.25) is 5.02 Å².